The third kappa shape index (κ3) is 3.40. The number of allylic oxidation sites excluding steroid dienone is 1. The van der Waals surface area contributed by atoms with Crippen molar-refractivity contribution in [2.24, 2.45) is 0 Å². The Labute approximate surface area is 155 Å². The van der Waals surface area contributed by atoms with Gasteiger partial charge in [-0.25, -0.2) is 13.8 Å². The van der Waals surface area contributed by atoms with E-state index in [0.717, 1.165) is 11.8 Å². The van der Waals surface area contributed by atoms with Gasteiger partial charge in [0, 0.05) is 63.6 Å². The van der Waals surface area contributed by atoms with Gasteiger partial charge in [-0.2, -0.15) is 0 Å². The number of carbonyl (C=O) groups excluding carboxylic acids is 1. The van der Waals surface area contributed by atoms with Crippen LogP contribution in [0.2, 0.25) is 0 Å². The lowest BCUT2D eigenvalue weighted by atomic mass is 9.96. The Morgan fingerprint density at radius 1 is 1.11 bits per heavy atom. The highest BCUT2D eigenvalue weighted by Gasteiger charge is 2.24. The summed E-state index contributed by atoms with van der Waals surface area (Å²) < 4.78 is 28.2. The standard InChI is InChI=1S/C20H20F2N4O/c1-25(2)11-14(12-6-5-7-15(21)18(12)22)19(27)13-10-24-20-17(13)16(26(3)4)8-9-23-20/h5-11H,1-4H3,(H,23,24)/b14-11+. The second-order valence-corrected chi connectivity index (χ2v) is 6.59. The molecule has 5 nitrogen and oxygen atoms in total. The van der Waals surface area contributed by atoms with Crippen LogP contribution in [0.3, 0.4) is 0 Å². The first-order chi connectivity index (χ1) is 12.8. The average Bonchev–Trinajstić information content (AvgIpc) is 3.05. The van der Waals surface area contributed by atoms with Crippen molar-refractivity contribution in [2.75, 3.05) is 33.1 Å². The van der Waals surface area contributed by atoms with Crippen molar-refractivity contribution in [2.45, 2.75) is 0 Å². The highest BCUT2D eigenvalue weighted by molar-refractivity contribution is 6.33. The summed E-state index contributed by atoms with van der Waals surface area (Å²) in [5.41, 5.74) is 1.67. The zero-order valence-corrected chi connectivity index (χ0v) is 15.5. The number of carbonyl (C=O) groups is 1. The lowest BCUT2D eigenvalue weighted by Gasteiger charge is -2.16. The Morgan fingerprint density at radius 3 is 2.52 bits per heavy atom. The van der Waals surface area contributed by atoms with E-state index in [2.05, 4.69) is 9.97 Å². The third-order valence-electron chi connectivity index (χ3n) is 4.15. The molecule has 3 aromatic rings. The number of benzene rings is 1. The molecule has 0 spiro atoms. The Morgan fingerprint density at radius 2 is 1.85 bits per heavy atom. The molecular weight excluding hydrogens is 350 g/mol. The van der Waals surface area contributed by atoms with E-state index in [9.17, 15) is 13.6 Å². The number of nitrogens with zero attached hydrogens (tertiary/aromatic N) is 3. The maximum atomic E-state index is 14.4. The van der Waals surface area contributed by atoms with Crippen LogP contribution in [0.4, 0.5) is 14.5 Å². The van der Waals surface area contributed by atoms with E-state index in [4.69, 9.17) is 0 Å². The summed E-state index contributed by atoms with van der Waals surface area (Å²) in [7, 11) is 7.15. The van der Waals surface area contributed by atoms with E-state index < -0.39 is 17.4 Å². The summed E-state index contributed by atoms with van der Waals surface area (Å²) in [4.78, 5) is 24.1. The molecule has 0 aliphatic heterocycles. The Balaban J connectivity index is 2.23. The number of Topliss-reactive ketones (excluding diaryl/α,β-unsaturated/α-hetero) is 1. The fraction of sp³-hybridized carbons (Fsp3) is 0.200. The van der Waals surface area contributed by atoms with Gasteiger partial charge >= 0.3 is 0 Å². The minimum atomic E-state index is -1.05. The minimum absolute atomic E-state index is 0.0615. The molecule has 0 saturated carbocycles. The van der Waals surface area contributed by atoms with E-state index in [-0.39, 0.29) is 11.1 Å². The molecule has 0 atom stereocenters. The van der Waals surface area contributed by atoms with Crippen molar-refractivity contribution in [3.8, 4) is 0 Å². The number of ketones is 1. The number of nitrogens with one attached hydrogen (secondary N) is 1. The van der Waals surface area contributed by atoms with Crippen LogP contribution in [0.15, 0.2) is 42.9 Å². The fourth-order valence-corrected chi connectivity index (χ4v) is 2.96. The summed E-state index contributed by atoms with van der Waals surface area (Å²) in [6.07, 6.45) is 4.68. The van der Waals surface area contributed by atoms with E-state index in [1.165, 1.54) is 18.3 Å². The van der Waals surface area contributed by atoms with Crippen molar-refractivity contribution in [3.63, 3.8) is 0 Å². The molecule has 0 bridgehead atoms. The van der Waals surface area contributed by atoms with E-state index in [0.29, 0.717) is 16.6 Å². The molecule has 2 aromatic heterocycles. The van der Waals surface area contributed by atoms with Crippen molar-refractivity contribution >= 4 is 28.1 Å². The number of hydrogen-bond donors (Lipinski definition) is 1. The second-order valence-electron chi connectivity index (χ2n) is 6.59. The molecule has 0 amide bonds. The van der Waals surface area contributed by atoms with Crippen molar-refractivity contribution in [1.29, 1.82) is 0 Å². The zero-order valence-electron chi connectivity index (χ0n) is 15.5. The van der Waals surface area contributed by atoms with Gasteiger partial charge in [-0.05, 0) is 12.1 Å². The van der Waals surface area contributed by atoms with Crippen molar-refractivity contribution in [3.05, 3.63) is 65.6 Å². The highest BCUT2D eigenvalue weighted by Crippen LogP contribution is 2.32. The number of rotatable bonds is 5. The normalized spacial score (nSPS) is 11.7. The molecule has 0 fully saturated rings. The van der Waals surface area contributed by atoms with E-state index in [1.54, 1.807) is 37.5 Å². The molecule has 1 N–H and O–H groups in total. The van der Waals surface area contributed by atoms with Crippen LogP contribution in [0, 0.1) is 11.6 Å². The van der Waals surface area contributed by atoms with Crippen LogP contribution < -0.4 is 4.90 Å². The number of fused-ring (bicyclic) bond motifs is 1. The zero-order chi connectivity index (χ0) is 19.7. The lowest BCUT2D eigenvalue weighted by Crippen LogP contribution is -2.13. The molecule has 7 heteroatoms. The van der Waals surface area contributed by atoms with Gasteiger partial charge in [0.1, 0.15) is 5.65 Å². The molecule has 0 saturated heterocycles. The average molecular weight is 370 g/mol. The van der Waals surface area contributed by atoms with Crippen molar-refractivity contribution < 1.29 is 13.6 Å². The number of aromatic nitrogens is 2. The monoisotopic (exact) mass is 370 g/mol. The van der Waals surface area contributed by atoms with Gasteiger partial charge in [-0.15, -0.1) is 0 Å². The van der Waals surface area contributed by atoms with Gasteiger partial charge < -0.3 is 14.8 Å². The topological polar surface area (TPSA) is 52.2 Å². The molecule has 0 unspecified atom stereocenters. The molecule has 3 rings (SSSR count). The highest BCUT2D eigenvalue weighted by atomic mass is 19.2. The Bertz CT molecular complexity index is 1040. The Hall–Kier alpha value is -3.22. The largest absolute Gasteiger partial charge is 0.383 e. The molecule has 2 heterocycles. The van der Waals surface area contributed by atoms with Crippen LogP contribution in [0.1, 0.15) is 15.9 Å². The summed E-state index contributed by atoms with van der Waals surface area (Å²) in [5, 5.41) is 0.633. The third-order valence-corrected chi connectivity index (χ3v) is 4.15. The van der Waals surface area contributed by atoms with Crippen LogP contribution in [0.5, 0.6) is 0 Å². The molecule has 0 aliphatic rings. The number of aromatic amines is 1. The maximum Gasteiger partial charge on any atom is 0.197 e. The first-order valence-electron chi connectivity index (χ1n) is 8.32. The number of pyridine rings is 1. The second kappa shape index (κ2) is 7.19. The number of anilines is 1. The fourth-order valence-electron chi connectivity index (χ4n) is 2.96. The van der Waals surface area contributed by atoms with Crippen LogP contribution in [0.25, 0.3) is 16.6 Å². The van der Waals surface area contributed by atoms with E-state index >= 15 is 0 Å². The Kier molecular flexibility index (Phi) is 4.94. The van der Waals surface area contributed by atoms with E-state index in [1.807, 2.05) is 19.0 Å². The minimum Gasteiger partial charge on any atom is -0.383 e. The molecule has 0 aliphatic carbocycles. The molecule has 27 heavy (non-hydrogen) atoms. The SMILES string of the molecule is CN(C)/C=C(/C(=O)c1c[nH]c2nccc(N(C)C)c12)c1cccc(F)c1F. The predicted molar refractivity (Wildman–Crippen MR) is 103 cm³/mol. The number of halogens is 2. The van der Waals surface area contributed by atoms with Gasteiger partial charge in [0.15, 0.2) is 17.4 Å². The summed E-state index contributed by atoms with van der Waals surface area (Å²) in [6, 6.07) is 5.60. The molecule has 1 aromatic carbocycles. The lowest BCUT2D eigenvalue weighted by molar-refractivity contribution is 0.105. The molecule has 140 valence electrons. The maximum absolute atomic E-state index is 14.4. The van der Waals surface area contributed by atoms with Crippen LogP contribution >= 0.6 is 0 Å². The van der Waals surface area contributed by atoms with Crippen LogP contribution in [-0.2, 0) is 0 Å². The summed E-state index contributed by atoms with van der Waals surface area (Å²) in [6.45, 7) is 0. The first-order valence-corrected chi connectivity index (χ1v) is 8.32. The van der Waals surface area contributed by atoms with Crippen LogP contribution in [-0.4, -0.2) is 48.8 Å². The first kappa shape index (κ1) is 18.6. The predicted octanol–water partition coefficient (Wildman–Crippen LogP) is 3.69. The molecule has 0 radical (unpaired) electrons. The molecular formula is C20H20F2N4O. The van der Waals surface area contributed by atoms with Gasteiger partial charge in [-0.3, -0.25) is 4.79 Å². The number of hydrogen-bond acceptors (Lipinski definition) is 4. The van der Waals surface area contributed by atoms with Crippen molar-refractivity contribution in [1.82, 2.24) is 14.9 Å². The summed E-state index contributed by atoms with van der Waals surface area (Å²) in [5.74, 6) is -2.47. The quantitative estimate of drug-likeness (QED) is 0.550. The van der Waals surface area contributed by atoms with Gasteiger partial charge in [0.05, 0.1) is 10.9 Å². The smallest absolute Gasteiger partial charge is 0.197 e. The van der Waals surface area contributed by atoms with Gasteiger partial charge in [0.2, 0.25) is 0 Å². The number of H-pyrrole nitrogens is 1. The van der Waals surface area contributed by atoms with Gasteiger partial charge in [-0.1, -0.05) is 12.1 Å². The summed E-state index contributed by atoms with van der Waals surface area (Å²) >= 11 is 0. The van der Waals surface area contributed by atoms with Gasteiger partial charge in [0.25, 0.3) is 0 Å².